The van der Waals surface area contributed by atoms with Crippen molar-refractivity contribution in [1.82, 2.24) is 24.4 Å². The van der Waals surface area contributed by atoms with Crippen molar-refractivity contribution in [2.75, 3.05) is 26.6 Å². The lowest BCUT2D eigenvalue weighted by molar-refractivity contribution is 0.263. The summed E-state index contributed by atoms with van der Waals surface area (Å²) >= 11 is 5.89. The van der Waals surface area contributed by atoms with Crippen LogP contribution in [0.2, 0.25) is 0 Å². The highest BCUT2D eigenvalue weighted by Gasteiger charge is 2.16. The lowest BCUT2D eigenvalue weighted by atomic mass is 10.3. The molecule has 2 heterocycles. The Bertz CT molecular complexity index is 598. The van der Waals surface area contributed by atoms with Crippen molar-refractivity contribution in [2.24, 2.45) is 0 Å². The van der Waals surface area contributed by atoms with Gasteiger partial charge in [0, 0.05) is 31.4 Å². The molecule has 0 saturated carbocycles. The van der Waals surface area contributed by atoms with Crippen molar-refractivity contribution in [3.05, 3.63) is 12.2 Å². The molecule has 0 fully saturated rings. The number of fused-ring (bicyclic) bond motifs is 1. The van der Waals surface area contributed by atoms with Gasteiger partial charge in [0.05, 0.1) is 7.11 Å². The van der Waals surface area contributed by atoms with Gasteiger partial charge in [-0.1, -0.05) is 0 Å². The molecule has 6 nitrogen and oxygen atoms in total. The second-order valence-electron chi connectivity index (χ2n) is 5.25. The molecular weight excluding hydrogens is 290 g/mol. The molecule has 116 valence electrons. The van der Waals surface area contributed by atoms with Gasteiger partial charge in [0.2, 0.25) is 5.88 Å². The van der Waals surface area contributed by atoms with Crippen LogP contribution in [0.15, 0.2) is 6.33 Å². The fourth-order valence-corrected chi connectivity index (χ4v) is 2.31. The minimum Gasteiger partial charge on any atom is -0.479 e. The Hall–Kier alpha value is -1.40. The number of halogens is 1. The molecule has 0 aromatic carbocycles. The monoisotopic (exact) mass is 311 g/mol. The van der Waals surface area contributed by atoms with Crippen LogP contribution in [0.25, 0.3) is 11.2 Å². The van der Waals surface area contributed by atoms with E-state index < -0.39 is 0 Å². The minimum absolute atomic E-state index is 0.500. The summed E-state index contributed by atoms with van der Waals surface area (Å²) in [7, 11) is 3.70. The normalized spacial score (nSPS) is 11.8. The maximum Gasteiger partial charge on any atom is 0.245 e. The fourth-order valence-electron chi connectivity index (χ4n) is 2.14. The summed E-state index contributed by atoms with van der Waals surface area (Å²) < 4.78 is 7.38. The molecule has 7 heteroatoms. The van der Waals surface area contributed by atoms with E-state index in [-0.39, 0.29) is 0 Å². The Morgan fingerprint density at radius 2 is 2.14 bits per heavy atom. The quantitative estimate of drug-likeness (QED) is 0.732. The van der Waals surface area contributed by atoms with E-state index in [0.29, 0.717) is 29.7 Å². The third kappa shape index (κ3) is 3.44. The molecule has 0 saturated heterocycles. The average Bonchev–Trinajstić information content (AvgIpc) is 2.82. The van der Waals surface area contributed by atoms with E-state index in [1.165, 1.54) is 6.33 Å². The third-order valence-corrected chi connectivity index (χ3v) is 3.84. The van der Waals surface area contributed by atoms with Gasteiger partial charge in [0.25, 0.3) is 0 Å². The zero-order valence-electron chi connectivity index (χ0n) is 13.0. The van der Waals surface area contributed by atoms with Crippen molar-refractivity contribution in [3.8, 4) is 5.88 Å². The highest BCUT2D eigenvalue weighted by molar-refractivity contribution is 6.17. The molecule has 0 unspecified atom stereocenters. The van der Waals surface area contributed by atoms with Gasteiger partial charge >= 0.3 is 0 Å². The van der Waals surface area contributed by atoms with Gasteiger partial charge in [0.1, 0.15) is 12.2 Å². The summed E-state index contributed by atoms with van der Waals surface area (Å²) in [6, 6.07) is 0.500. The van der Waals surface area contributed by atoms with Gasteiger partial charge in [-0.25, -0.2) is 9.97 Å². The van der Waals surface area contributed by atoms with Crippen LogP contribution in [0.5, 0.6) is 5.88 Å². The predicted octanol–water partition coefficient (Wildman–Crippen LogP) is 1.96. The molecule has 2 aromatic rings. The predicted molar refractivity (Wildman–Crippen MR) is 84.1 cm³/mol. The Balaban J connectivity index is 2.37. The van der Waals surface area contributed by atoms with Crippen molar-refractivity contribution < 1.29 is 4.74 Å². The van der Waals surface area contributed by atoms with E-state index in [4.69, 9.17) is 16.3 Å². The molecule has 0 bridgehead atoms. The number of methoxy groups -OCH3 is 1. The van der Waals surface area contributed by atoms with E-state index in [1.807, 2.05) is 0 Å². The van der Waals surface area contributed by atoms with Crippen molar-refractivity contribution in [3.63, 3.8) is 0 Å². The van der Waals surface area contributed by atoms with Crippen molar-refractivity contribution in [1.29, 1.82) is 0 Å². The molecule has 0 aliphatic rings. The molecule has 21 heavy (non-hydrogen) atoms. The topological polar surface area (TPSA) is 56.1 Å². The summed E-state index contributed by atoms with van der Waals surface area (Å²) in [5.41, 5.74) is 1.51. The number of nitrogens with zero attached hydrogens (tertiary/aromatic N) is 5. The lowest BCUT2D eigenvalue weighted by Crippen LogP contribution is -2.30. The number of aryl methyl sites for hydroxylation is 1. The third-order valence-electron chi connectivity index (χ3n) is 3.65. The van der Waals surface area contributed by atoms with Gasteiger partial charge in [0.15, 0.2) is 11.2 Å². The average molecular weight is 312 g/mol. The first-order valence-electron chi connectivity index (χ1n) is 7.08. The number of alkyl halides is 1. The summed E-state index contributed by atoms with van der Waals surface area (Å²) in [6.07, 6.45) is 2.21. The second-order valence-corrected chi connectivity index (χ2v) is 5.63. The molecule has 0 aliphatic carbocycles. The standard InChI is InChI=1S/C14H22ClN5O/c1-10(2)19(3)7-8-20-11(5-6-15)18-12-13(20)16-9-17-14(12)21-4/h9-10H,5-8H2,1-4H3. The molecule has 0 radical (unpaired) electrons. The fraction of sp³-hybridized carbons (Fsp3) is 0.643. The van der Waals surface area contributed by atoms with Gasteiger partial charge < -0.3 is 14.2 Å². The summed E-state index contributed by atoms with van der Waals surface area (Å²) in [5.74, 6) is 1.96. The minimum atomic E-state index is 0.500. The molecular formula is C14H22ClN5O. The zero-order chi connectivity index (χ0) is 15.4. The Morgan fingerprint density at radius 1 is 1.38 bits per heavy atom. The van der Waals surface area contributed by atoms with Gasteiger partial charge in [-0.2, -0.15) is 4.98 Å². The Labute approximate surface area is 130 Å². The smallest absolute Gasteiger partial charge is 0.245 e. The number of aromatic nitrogens is 4. The van der Waals surface area contributed by atoms with E-state index in [2.05, 4.69) is 45.3 Å². The Kier molecular flexibility index (Phi) is 5.36. The molecule has 0 atom stereocenters. The Morgan fingerprint density at radius 3 is 2.76 bits per heavy atom. The van der Waals surface area contributed by atoms with E-state index in [9.17, 15) is 0 Å². The van der Waals surface area contributed by atoms with Crippen LogP contribution < -0.4 is 4.74 Å². The van der Waals surface area contributed by atoms with Crippen molar-refractivity contribution >= 4 is 22.8 Å². The van der Waals surface area contributed by atoms with Gasteiger partial charge in [-0.05, 0) is 20.9 Å². The largest absolute Gasteiger partial charge is 0.479 e. The first-order chi connectivity index (χ1) is 10.1. The molecule has 2 aromatic heterocycles. The highest BCUT2D eigenvalue weighted by atomic mass is 35.5. The van der Waals surface area contributed by atoms with Crippen LogP contribution in [-0.4, -0.2) is 57.0 Å². The van der Waals surface area contributed by atoms with Crippen molar-refractivity contribution in [2.45, 2.75) is 32.9 Å². The van der Waals surface area contributed by atoms with Crippen LogP contribution in [0.3, 0.4) is 0 Å². The van der Waals surface area contributed by atoms with Crippen LogP contribution in [-0.2, 0) is 13.0 Å². The first kappa shape index (κ1) is 16.0. The number of hydrogen-bond donors (Lipinski definition) is 0. The summed E-state index contributed by atoms with van der Waals surface area (Å²) in [6.45, 7) is 6.09. The van der Waals surface area contributed by atoms with E-state index in [0.717, 1.165) is 24.6 Å². The highest BCUT2D eigenvalue weighted by Crippen LogP contribution is 2.22. The first-order valence-corrected chi connectivity index (χ1v) is 7.62. The molecule has 0 N–H and O–H groups in total. The number of ether oxygens (including phenoxy) is 1. The number of likely N-dealkylation sites (N-methyl/N-ethyl adjacent to an activating group) is 1. The van der Waals surface area contributed by atoms with Gasteiger partial charge in [-0.3, -0.25) is 0 Å². The maximum atomic E-state index is 5.89. The maximum absolute atomic E-state index is 5.89. The SMILES string of the molecule is COc1ncnc2c1nc(CCCl)n2CCN(C)C(C)C. The number of imidazole rings is 1. The van der Waals surface area contributed by atoms with Crippen LogP contribution >= 0.6 is 11.6 Å². The van der Waals surface area contributed by atoms with Gasteiger partial charge in [-0.15, -0.1) is 11.6 Å². The molecule has 2 rings (SSSR count). The number of rotatable bonds is 7. The van der Waals surface area contributed by atoms with E-state index >= 15 is 0 Å². The molecule has 0 amide bonds. The zero-order valence-corrected chi connectivity index (χ0v) is 13.8. The number of hydrogen-bond acceptors (Lipinski definition) is 5. The second kappa shape index (κ2) is 7.04. The summed E-state index contributed by atoms with van der Waals surface area (Å²) in [4.78, 5) is 15.4. The van der Waals surface area contributed by atoms with Crippen LogP contribution in [0.1, 0.15) is 19.7 Å². The van der Waals surface area contributed by atoms with Crippen LogP contribution in [0, 0.1) is 0 Å². The van der Waals surface area contributed by atoms with Crippen LogP contribution in [0.4, 0.5) is 0 Å². The molecule has 0 spiro atoms. The molecule has 0 aliphatic heterocycles. The summed E-state index contributed by atoms with van der Waals surface area (Å²) in [5, 5.41) is 0. The van der Waals surface area contributed by atoms with E-state index in [1.54, 1.807) is 7.11 Å². The lowest BCUT2D eigenvalue weighted by Gasteiger charge is -2.21.